The summed E-state index contributed by atoms with van der Waals surface area (Å²) in [5.74, 6) is 0.222. The molecule has 0 aliphatic heterocycles. The third kappa shape index (κ3) is 5.71. The van der Waals surface area contributed by atoms with Crippen molar-refractivity contribution in [3.8, 4) is 0 Å². The molecule has 0 fully saturated rings. The van der Waals surface area contributed by atoms with Crippen LogP contribution >= 0.6 is 11.3 Å². The Morgan fingerprint density at radius 2 is 2.29 bits per heavy atom. The maximum absolute atomic E-state index is 11.7. The highest BCUT2D eigenvalue weighted by atomic mass is 32.1. The van der Waals surface area contributed by atoms with Crippen LogP contribution in [0.25, 0.3) is 0 Å². The molecular formula is C16H21NO3S. The number of hydrogen-bond donors (Lipinski definition) is 1. The number of ether oxygens (including phenoxy) is 1. The number of amides is 1. The smallest absolute Gasteiger partial charge is 0.305 e. The van der Waals surface area contributed by atoms with Crippen LogP contribution in [0.2, 0.25) is 0 Å². The molecule has 0 bridgehead atoms. The molecular weight excluding hydrogens is 286 g/mol. The Kier molecular flexibility index (Phi) is 6.47. The van der Waals surface area contributed by atoms with Gasteiger partial charge in [-0.15, -0.1) is 11.3 Å². The molecule has 1 aliphatic carbocycles. The van der Waals surface area contributed by atoms with Crippen LogP contribution in [0.1, 0.15) is 41.8 Å². The van der Waals surface area contributed by atoms with E-state index in [1.165, 1.54) is 11.3 Å². The molecule has 0 radical (unpaired) electrons. The molecule has 0 aromatic carbocycles. The van der Waals surface area contributed by atoms with Crippen molar-refractivity contribution in [1.29, 1.82) is 0 Å². The second kappa shape index (κ2) is 8.62. The maximum Gasteiger partial charge on any atom is 0.305 e. The molecule has 1 N–H and O–H groups in total. The van der Waals surface area contributed by atoms with E-state index >= 15 is 0 Å². The topological polar surface area (TPSA) is 55.4 Å². The van der Waals surface area contributed by atoms with Crippen molar-refractivity contribution < 1.29 is 14.3 Å². The molecule has 0 saturated carbocycles. The van der Waals surface area contributed by atoms with Gasteiger partial charge in [-0.1, -0.05) is 18.2 Å². The van der Waals surface area contributed by atoms with Crippen LogP contribution in [-0.2, 0) is 9.53 Å². The fourth-order valence-corrected chi connectivity index (χ4v) is 2.86. The van der Waals surface area contributed by atoms with Gasteiger partial charge in [-0.25, -0.2) is 0 Å². The van der Waals surface area contributed by atoms with Crippen LogP contribution in [0, 0.1) is 5.92 Å². The van der Waals surface area contributed by atoms with Gasteiger partial charge >= 0.3 is 5.97 Å². The summed E-state index contributed by atoms with van der Waals surface area (Å²) in [6.45, 7) is 1.02. The molecule has 2 rings (SSSR count). The molecule has 5 heteroatoms. The predicted octanol–water partition coefficient (Wildman–Crippen LogP) is 3.16. The summed E-state index contributed by atoms with van der Waals surface area (Å²) < 4.78 is 5.28. The van der Waals surface area contributed by atoms with Crippen molar-refractivity contribution in [2.45, 2.75) is 32.1 Å². The predicted molar refractivity (Wildman–Crippen MR) is 83.3 cm³/mol. The quantitative estimate of drug-likeness (QED) is 0.478. The molecule has 1 aromatic rings. The van der Waals surface area contributed by atoms with Crippen molar-refractivity contribution in [1.82, 2.24) is 5.32 Å². The lowest BCUT2D eigenvalue weighted by Gasteiger charge is -2.17. The highest BCUT2D eigenvalue weighted by molar-refractivity contribution is 7.12. The molecule has 1 amide bonds. The van der Waals surface area contributed by atoms with Crippen molar-refractivity contribution in [2.75, 3.05) is 13.2 Å². The van der Waals surface area contributed by atoms with Gasteiger partial charge in [0.2, 0.25) is 0 Å². The monoisotopic (exact) mass is 307 g/mol. The molecule has 21 heavy (non-hydrogen) atoms. The second-order valence-corrected chi connectivity index (χ2v) is 6.12. The Bertz CT molecular complexity index is 482. The summed E-state index contributed by atoms with van der Waals surface area (Å²) in [6, 6.07) is 3.63. The van der Waals surface area contributed by atoms with E-state index in [-0.39, 0.29) is 11.9 Å². The standard InChI is InChI=1S/C16H21NO3S/c18-15(20-12-13-6-2-1-3-7-13)9-4-10-17-16(19)14-8-5-11-21-14/h1-2,5,8,11,13H,3-4,6-7,9-10,12H2,(H,17,19). The van der Waals surface area contributed by atoms with E-state index in [0.717, 1.165) is 19.3 Å². The summed E-state index contributed by atoms with van der Waals surface area (Å²) in [5.41, 5.74) is 0. The van der Waals surface area contributed by atoms with Gasteiger partial charge in [-0.3, -0.25) is 9.59 Å². The number of nitrogens with one attached hydrogen (secondary N) is 1. The molecule has 4 nitrogen and oxygen atoms in total. The first-order valence-electron chi connectivity index (χ1n) is 7.38. The lowest BCUT2D eigenvalue weighted by atomic mass is 9.95. The summed E-state index contributed by atoms with van der Waals surface area (Å²) in [4.78, 5) is 24.0. The fourth-order valence-electron chi connectivity index (χ4n) is 2.22. The molecule has 1 atom stereocenters. The summed E-state index contributed by atoms with van der Waals surface area (Å²) in [5, 5.41) is 4.67. The highest BCUT2D eigenvalue weighted by Gasteiger charge is 2.12. The highest BCUT2D eigenvalue weighted by Crippen LogP contribution is 2.18. The largest absolute Gasteiger partial charge is 0.465 e. The number of rotatable bonds is 7. The number of thiophene rings is 1. The average molecular weight is 307 g/mol. The number of carbonyl (C=O) groups excluding carboxylic acids is 2. The zero-order chi connectivity index (χ0) is 14.9. The zero-order valence-electron chi connectivity index (χ0n) is 12.0. The van der Waals surface area contributed by atoms with E-state index in [0.29, 0.717) is 36.8 Å². The van der Waals surface area contributed by atoms with Crippen LogP contribution in [0.4, 0.5) is 0 Å². The molecule has 1 aromatic heterocycles. The number of esters is 1. The molecule has 1 unspecified atom stereocenters. The van der Waals surface area contributed by atoms with E-state index in [9.17, 15) is 9.59 Å². The van der Waals surface area contributed by atoms with Gasteiger partial charge in [0.05, 0.1) is 11.5 Å². The first kappa shape index (κ1) is 15.8. The Hall–Kier alpha value is -1.62. The van der Waals surface area contributed by atoms with Crippen molar-refractivity contribution >= 4 is 23.2 Å². The molecule has 114 valence electrons. The van der Waals surface area contributed by atoms with Crippen LogP contribution in [-0.4, -0.2) is 25.0 Å². The van der Waals surface area contributed by atoms with Gasteiger partial charge in [0.15, 0.2) is 0 Å². The minimum Gasteiger partial charge on any atom is -0.465 e. The number of allylic oxidation sites excluding steroid dienone is 2. The van der Waals surface area contributed by atoms with Crippen LogP contribution in [0.15, 0.2) is 29.7 Å². The Morgan fingerprint density at radius 3 is 3.00 bits per heavy atom. The van der Waals surface area contributed by atoms with Crippen molar-refractivity contribution in [2.24, 2.45) is 5.92 Å². The lowest BCUT2D eigenvalue weighted by molar-refractivity contribution is -0.145. The van der Waals surface area contributed by atoms with Crippen LogP contribution < -0.4 is 5.32 Å². The Balaban J connectivity index is 1.53. The normalized spacial score (nSPS) is 17.4. The molecule has 1 heterocycles. The Labute approximate surface area is 129 Å². The van der Waals surface area contributed by atoms with Gasteiger partial charge in [0, 0.05) is 13.0 Å². The SMILES string of the molecule is O=C(CCCNC(=O)c1cccs1)OCC1CC=CCC1. The second-order valence-electron chi connectivity index (χ2n) is 5.17. The third-order valence-corrected chi connectivity index (χ3v) is 4.31. The molecule has 0 spiro atoms. The van der Waals surface area contributed by atoms with Gasteiger partial charge < -0.3 is 10.1 Å². The van der Waals surface area contributed by atoms with Gasteiger partial charge in [0.1, 0.15) is 0 Å². The zero-order valence-corrected chi connectivity index (χ0v) is 12.9. The Morgan fingerprint density at radius 1 is 1.38 bits per heavy atom. The first-order valence-corrected chi connectivity index (χ1v) is 8.26. The van der Waals surface area contributed by atoms with E-state index in [1.807, 2.05) is 11.4 Å². The first-order chi connectivity index (χ1) is 10.3. The van der Waals surface area contributed by atoms with E-state index in [4.69, 9.17) is 4.74 Å². The van der Waals surface area contributed by atoms with Crippen molar-refractivity contribution in [3.63, 3.8) is 0 Å². The minimum atomic E-state index is -0.171. The molecule has 1 aliphatic rings. The maximum atomic E-state index is 11.7. The van der Waals surface area contributed by atoms with E-state index < -0.39 is 0 Å². The van der Waals surface area contributed by atoms with Gasteiger partial charge in [-0.05, 0) is 43.0 Å². The fraction of sp³-hybridized carbons (Fsp3) is 0.500. The third-order valence-electron chi connectivity index (χ3n) is 3.45. The number of carbonyl (C=O) groups is 2. The van der Waals surface area contributed by atoms with Crippen LogP contribution in [0.5, 0.6) is 0 Å². The summed E-state index contributed by atoms with van der Waals surface area (Å²) in [7, 11) is 0. The lowest BCUT2D eigenvalue weighted by Crippen LogP contribution is -2.24. The average Bonchev–Trinajstić information content (AvgIpc) is 3.05. The summed E-state index contributed by atoms with van der Waals surface area (Å²) >= 11 is 1.41. The van der Waals surface area contributed by atoms with Gasteiger partial charge in [-0.2, -0.15) is 0 Å². The molecule has 0 saturated heterocycles. The van der Waals surface area contributed by atoms with E-state index in [2.05, 4.69) is 17.5 Å². The van der Waals surface area contributed by atoms with E-state index in [1.54, 1.807) is 6.07 Å². The summed E-state index contributed by atoms with van der Waals surface area (Å²) in [6.07, 6.45) is 8.48. The van der Waals surface area contributed by atoms with Gasteiger partial charge in [0.25, 0.3) is 5.91 Å². The number of hydrogen-bond acceptors (Lipinski definition) is 4. The van der Waals surface area contributed by atoms with Crippen LogP contribution in [0.3, 0.4) is 0 Å². The minimum absolute atomic E-state index is 0.0765. The van der Waals surface area contributed by atoms with Crippen molar-refractivity contribution in [3.05, 3.63) is 34.5 Å².